The van der Waals surface area contributed by atoms with E-state index < -0.39 is 12.5 Å². The molecule has 1 N–H and O–H groups in total. The van der Waals surface area contributed by atoms with Crippen LogP contribution in [-0.4, -0.2) is 27.4 Å². The van der Waals surface area contributed by atoms with E-state index in [1.807, 2.05) is 0 Å². The number of aliphatic hydroxyl groups excluding tert-OH is 1. The highest BCUT2D eigenvalue weighted by molar-refractivity contribution is 5.78. The van der Waals surface area contributed by atoms with Gasteiger partial charge in [0.25, 0.3) is 5.91 Å². The highest BCUT2D eigenvalue weighted by Crippen LogP contribution is 1.81. The van der Waals surface area contributed by atoms with Crippen molar-refractivity contribution in [2.75, 3.05) is 6.61 Å². The van der Waals surface area contributed by atoms with Gasteiger partial charge in [-0.15, -0.1) is 0 Å². The first kappa shape index (κ1) is 5.97. The van der Waals surface area contributed by atoms with Gasteiger partial charge in [-0.3, -0.25) is 4.79 Å². The summed E-state index contributed by atoms with van der Waals surface area (Å²) in [5.74, 6) is -0.417. The fourth-order valence-electron chi connectivity index (χ4n) is 0.489. The number of carbonyl (C=O) groups is 1. The van der Waals surface area contributed by atoms with E-state index in [0.29, 0.717) is 0 Å². The van der Waals surface area contributed by atoms with E-state index in [0.717, 1.165) is 4.68 Å². The summed E-state index contributed by atoms with van der Waals surface area (Å²) in [7, 11) is 0. The largest absolute Gasteiger partial charge is 0.386 e. The first-order valence-electron chi connectivity index (χ1n) is 2.48. The second-order valence-corrected chi connectivity index (χ2v) is 1.50. The second-order valence-electron chi connectivity index (χ2n) is 1.50. The summed E-state index contributed by atoms with van der Waals surface area (Å²) in [5, 5.41) is 11.9. The third-order valence-electron chi connectivity index (χ3n) is 0.895. The van der Waals surface area contributed by atoms with Crippen molar-refractivity contribution in [2.24, 2.45) is 0 Å². The summed E-state index contributed by atoms with van der Waals surface area (Å²) in [6, 6.07) is 1.62. The minimum Gasteiger partial charge on any atom is -0.386 e. The van der Waals surface area contributed by atoms with Crippen molar-refractivity contribution < 1.29 is 9.90 Å². The molecular weight excluding hydrogens is 120 g/mol. The maximum Gasteiger partial charge on any atom is 0.272 e. The number of carbonyl (C=O) groups excluding carboxylic acids is 1. The number of nitrogens with zero attached hydrogens (tertiary/aromatic N) is 2. The number of hydrogen-bond donors (Lipinski definition) is 1. The van der Waals surface area contributed by atoms with Crippen LogP contribution >= 0.6 is 0 Å². The molecule has 0 saturated heterocycles. The average Bonchev–Trinajstić information content (AvgIpc) is 2.37. The van der Waals surface area contributed by atoms with Gasteiger partial charge in [-0.2, -0.15) is 5.10 Å². The van der Waals surface area contributed by atoms with E-state index in [1.165, 1.54) is 12.4 Å². The van der Waals surface area contributed by atoms with Gasteiger partial charge in [0.2, 0.25) is 0 Å². The fourth-order valence-corrected chi connectivity index (χ4v) is 0.489. The van der Waals surface area contributed by atoms with Crippen molar-refractivity contribution in [3.63, 3.8) is 0 Å². The average molecular weight is 126 g/mol. The molecule has 0 amide bonds. The number of rotatable bonds is 1. The van der Waals surface area contributed by atoms with Gasteiger partial charge in [0.15, 0.2) is 0 Å². The smallest absolute Gasteiger partial charge is 0.272 e. The molecule has 4 nitrogen and oxygen atoms in total. The summed E-state index contributed by atoms with van der Waals surface area (Å²) in [6.07, 6.45) is 2.96. The van der Waals surface area contributed by atoms with Gasteiger partial charge < -0.3 is 5.11 Å². The molecule has 0 atom stereocenters. The third kappa shape index (κ3) is 1.14. The lowest BCUT2D eigenvalue weighted by Crippen LogP contribution is -2.14. The number of aromatic nitrogens is 2. The zero-order chi connectivity index (χ0) is 6.69. The molecule has 1 aromatic heterocycles. The van der Waals surface area contributed by atoms with Crippen LogP contribution in [0.5, 0.6) is 0 Å². The summed E-state index contributed by atoms with van der Waals surface area (Å²) >= 11 is 0. The lowest BCUT2D eigenvalue weighted by atomic mass is 10.6. The summed E-state index contributed by atoms with van der Waals surface area (Å²) < 4.78 is 1.08. The normalized spacial score (nSPS) is 9.44. The van der Waals surface area contributed by atoms with E-state index in [2.05, 4.69) is 5.10 Å². The van der Waals surface area contributed by atoms with Crippen LogP contribution in [0.25, 0.3) is 0 Å². The predicted octanol–water partition coefficient (Wildman–Crippen LogP) is -0.484. The van der Waals surface area contributed by atoms with Gasteiger partial charge >= 0.3 is 0 Å². The van der Waals surface area contributed by atoms with Gasteiger partial charge in [0, 0.05) is 12.4 Å². The SMILES string of the molecule is O=C(CO)n1cccn1. The van der Waals surface area contributed by atoms with Crippen molar-refractivity contribution >= 4 is 5.91 Å². The van der Waals surface area contributed by atoms with E-state index in [1.54, 1.807) is 6.07 Å². The van der Waals surface area contributed by atoms with Crippen LogP contribution in [0.3, 0.4) is 0 Å². The van der Waals surface area contributed by atoms with Crippen LogP contribution in [0.2, 0.25) is 0 Å². The van der Waals surface area contributed by atoms with Crippen LogP contribution in [0.4, 0.5) is 0 Å². The molecule has 1 rings (SSSR count). The van der Waals surface area contributed by atoms with Crippen LogP contribution < -0.4 is 0 Å². The third-order valence-corrected chi connectivity index (χ3v) is 0.895. The van der Waals surface area contributed by atoms with Crippen LogP contribution in [0, 0.1) is 0 Å². The molecule has 4 heteroatoms. The maximum atomic E-state index is 10.5. The molecule has 0 spiro atoms. The Labute approximate surface area is 51.7 Å². The molecule has 0 aromatic carbocycles. The van der Waals surface area contributed by atoms with Gasteiger partial charge in [-0.05, 0) is 6.07 Å². The standard InChI is InChI=1S/C5H6N2O2/c8-4-5(9)7-3-1-2-6-7/h1-3,8H,4H2. The Morgan fingerprint density at radius 3 is 3.00 bits per heavy atom. The zero-order valence-electron chi connectivity index (χ0n) is 4.69. The van der Waals surface area contributed by atoms with Crippen LogP contribution in [0.1, 0.15) is 4.79 Å². The monoisotopic (exact) mass is 126 g/mol. The molecule has 9 heavy (non-hydrogen) atoms. The van der Waals surface area contributed by atoms with E-state index in [-0.39, 0.29) is 0 Å². The van der Waals surface area contributed by atoms with E-state index >= 15 is 0 Å². The van der Waals surface area contributed by atoms with Gasteiger partial charge in [0.05, 0.1) is 0 Å². The zero-order valence-corrected chi connectivity index (χ0v) is 4.69. The molecule has 0 aliphatic carbocycles. The van der Waals surface area contributed by atoms with Crippen molar-refractivity contribution in [1.29, 1.82) is 0 Å². The van der Waals surface area contributed by atoms with Crippen molar-refractivity contribution in [3.8, 4) is 0 Å². The van der Waals surface area contributed by atoms with E-state index in [9.17, 15) is 4.79 Å². The number of hydrogen-bond acceptors (Lipinski definition) is 3. The molecule has 48 valence electrons. The minimum absolute atomic E-state index is 0.417. The molecule has 0 bridgehead atoms. The van der Waals surface area contributed by atoms with Gasteiger partial charge in [-0.25, -0.2) is 4.68 Å². The highest BCUT2D eigenvalue weighted by atomic mass is 16.3. The summed E-state index contributed by atoms with van der Waals surface area (Å²) in [5.41, 5.74) is 0. The van der Waals surface area contributed by atoms with Crippen molar-refractivity contribution in [2.45, 2.75) is 0 Å². The first-order chi connectivity index (χ1) is 4.34. The molecule has 0 unspecified atom stereocenters. The second kappa shape index (κ2) is 2.41. The Kier molecular flexibility index (Phi) is 1.60. The van der Waals surface area contributed by atoms with Gasteiger partial charge in [0.1, 0.15) is 6.61 Å². The molecule has 1 aromatic rings. The summed E-state index contributed by atoms with van der Waals surface area (Å²) in [4.78, 5) is 10.5. The highest BCUT2D eigenvalue weighted by Gasteiger charge is 1.98. The molecular formula is C5H6N2O2. The topological polar surface area (TPSA) is 55.1 Å². The van der Waals surface area contributed by atoms with Crippen molar-refractivity contribution in [3.05, 3.63) is 18.5 Å². The van der Waals surface area contributed by atoms with Crippen LogP contribution in [-0.2, 0) is 0 Å². The fraction of sp³-hybridized carbons (Fsp3) is 0.200. The van der Waals surface area contributed by atoms with Crippen molar-refractivity contribution in [1.82, 2.24) is 9.78 Å². The Morgan fingerprint density at radius 1 is 1.78 bits per heavy atom. The minimum atomic E-state index is -0.498. The first-order valence-corrected chi connectivity index (χ1v) is 2.48. The Morgan fingerprint density at radius 2 is 2.56 bits per heavy atom. The summed E-state index contributed by atoms with van der Waals surface area (Å²) in [6.45, 7) is -0.498. The molecule has 1 heterocycles. The predicted molar refractivity (Wildman–Crippen MR) is 29.9 cm³/mol. The molecule has 0 saturated carbocycles. The lowest BCUT2D eigenvalue weighted by molar-refractivity contribution is 0.0802. The molecule has 0 fully saturated rings. The molecule has 0 radical (unpaired) electrons. The Hall–Kier alpha value is -1.16. The lowest BCUT2D eigenvalue weighted by Gasteiger charge is -1.91. The van der Waals surface area contributed by atoms with Gasteiger partial charge in [-0.1, -0.05) is 0 Å². The Balaban J connectivity index is 2.77. The molecule has 0 aliphatic rings. The van der Waals surface area contributed by atoms with E-state index in [4.69, 9.17) is 5.11 Å². The van der Waals surface area contributed by atoms with Crippen LogP contribution in [0.15, 0.2) is 18.5 Å². The quantitative estimate of drug-likeness (QED) is 0.552. The maximum absolute atomic E-state index is 10.5. The number of aliphatic hydroxyl groups is 1. The molecule has 0 aliphatic heterocycles. The Bertz CT molecular complexity index is 193.